The average molecular weight is 296 g/mol. The van der Waals surface area contributed by atoms with E-state index in [0.717, 1.165) is 16.7 Å². The van der Waals surface area contributed by atoms with E-state index in [0.29, 0.717) is 5.69 Å². The fraction of sp³-hybridized carbons (Fsp3) is 0.118. The molecule has 0 bridgehead atoms. The standard InChI is InChI=1S/C17H16N2O3/c1-12-3-6-14(7-4-12)8-10-17(20)18-16-11-15(19(21)22)9-5-13(16)2/h3-11H,1-2H3,(H,18,20). The third-order valence-corrected chi connectivity index (χ3v) is 3.19. The lowest BCUT2D eigenvalue weighted by Gasteiger charge is -2.06. The van der Waals surface area contributed by atoms with Crippen molar-refractivity contribution in [1.29, 1.82) is 0 Å². The lowest BCUT2D eigenvalue weighted by Crippen LogP contribution is -2.09. The Morgan fingerprint density at radius 2 is 1.82 bits per heavy atom. The number of hydrogen-bond acceptors (Lipinski definition) is 3. The average Bonchev–Trinajstić information content (AvgIpc) is 2.48. The second-order valence-corrected chi connectivity index (χ2v) is 4.99. The van der Waals surface area contributed by atoms with Crippen molar-refractivity contribution in [2.45, 2.75) is 13.8 Å². The molecule has 0 atom stereocenters. The van der Waals surface area contributed by atoms with Gasteiger partial charge in [-0.25, -0.2) is 0 Å². The normalized spacial score (nSPS) is 10.6. The minimum absolute atomic E-state index is 0.0524. The molecule has 5 nitrogen and oxygen atoms in total. The molecule has 2 aromatic rings. The second kappa shape index (κ2) is 6.67. The van der Waals surface area contributed by atoms with Crippen molar-refractivity contribution in [2.24, 2.45) is 0 Å². The monoisotopic (exact) mass is 296 g/mol. The zero-order chi connectivity index (χ0) is 16.1. The van der Waals surface area contributed by atoms with Gasteiger partial charge in [0.25, 0.3) is 5.69 Å². The van der Waals surface area contributed by atoms with Crippen LogP contribution in [0.15, 0.2) is 48.5 Å². The number of carbonyl (C=O) groups is 1. The Morgan fingerprint density at radius 3 is 2.45 bits per heavy atom. The number of aryl methyl sites for hydroxylation is 2. The molecule has 1 N–H and O–H groups in total. The van der Waals surface area contributed by atoms with Crippen LogP contribution in [-0.2, 0) is 4.79 Å². The van der Waals surface area contributed by atoms with E-state index in [2.05, 4.69) is 5.32 Å². The molecular weight excluding hydrogens is 280 g/mol. The largest absolute Gasteiger partial charge is 0.322 e. The van der Waals surface area contributed by atoms with Crippen molar-refractivity contribution in [3.8, 4) is 0 Å². The molecule has 0 aromatic heterocycles. The third-order valence-electron chi connectivity index (χ3n) is 3.19. The highest BCUT2D eigenvalue weighted by Gasteiger charge is 2.09. The summed E-state index contributed by atoms with van der Waals surface area (Å²) in [7, 11) is 0. The number of non-ortho nitro benzene ring substituents is 1. The van der Waals surface area contributed by atoms with Gasteiger partial charge in [0.15, 0.2) is 0 Å². The van der Waals surface area contributed by atoms with Gasteiger partial charge >= 0.3 is 0 Å². The summed E-state index contributed by atoms with van der Waals surface area (Å²) in [6, 6.07) is 12.1. The Hall–Kier alpha value is -2.95. The number of nitrogens with one attached hydrogen (secondary N) is 1. The predicted molar refractivity (Wildman–Crippen MR) is 86.7 cm³/mol. The summed E-state index contributed by atoms with van der Waals surface area (Å²) in [6.45, 7) is 3.77. The van der Waals surface area contributed by atoms with Crippen LogP contribution in [0.4, 0.5) is 11.4 Å². The van der Waals surface area contributed by atoms with E-state index in [9.17, 15) is 14.9 Å². The molecule has 0 saturated heterocycles. The van der Waals surface area contributed by atoms with E-state index in [1.54, 1.807) is 19.1 Å². The van der Waals surface area contributed by atoms with Gasteiger partial charge in [-0.05, 0) is 31.1 Å². The first-order chi connectivity index (χ1) is 10.5. The summed E-state index contributed by atoms with van der Waals surface area (Å²) in [5, 5.41) is 13.4. The number of nitro groups is 1. The van der Waals surface area contributed by atoms with Crippen molar-refractivity contribution in [3.05, 3.63) is 75.3 Å². The molecule has 0 aliphatic carbocycles. The Labute approximate surface area is 128 Å². The SMILES string of the molecule is Cc1ccc(C=CC(=O)Nc2cc([N+](=O)[O-])ccc2C)cc1. The fourth-order valence-corrected chi connectivity index (χ4v) is 1.88. The number of nitro benzene ring substituents is 1. The molecule has 2 rings (SSSR count). The molecule has 0 radical (unpaired) electrons. The van der Waals surface area contributed by atoms with Crippen molar-refractivity contribution >= 4 is 23.4 Å². The maximum atomic E-state index is 11.9. The molecule has 2 aromatic carbocycles. The van der Waals surface area contributed by atoms with Crippen LogP contribution in [0, 0.1) is 24.0 Å². The maximum absolute atomic E-state index is 11.9. The van der Waals surface area contributed by atoms with Gasteiger partial charge in [0.2, 0.25) is 5.91 Å². The zero-order valence-corrected chi connectivity index (χ0v) is 12.4. The Bertz CT molecular complexity index is 734. The van der Waals surface area contributed by atoms with Crippen LogP contribution in [0.25, 0.3) is 6.08 Å². The molecule has 0 unspecified atom stereocenters. The Morgan fingerprint density at radius 1 is 1.14 bits per heavy atom. The fourth-order valence-electron chi connectivity index (χ4n) is 1.88. The van der Waals surface area contributed by atoms with Gasteiger partial charge in [-0.1, -0.05) is 35.9 Å². The van der Waals surface area contributed by atoms with Crippen LogP contribution in [0.3, 0.4) is 0 Å². The molecule has 0 saturated carbocycles. The van der Waals surface area contributed by atoms with Gasteiger partial charge in [-0.15, -0.1) is 0 Å². The van der Waals surface area contributed by atoms with E-state index in [-0.39, 0.29) is 11.6 Å². The van der Waals surface area contributed by atoms with Gasteiger partial charge in [0.05, 0.1) is 10.6 Å². The number of hydrogen-bond donors (Lipinski definition) is 1. The number of amides is 1. The number of anilines is 1. The molecule has 112 valence electrons. The first-order valence-electron chi connectivity index (χ1n) is 6.76. The maximum Gasteiger partial charge on any atom is 0.271 e. The van der Waals surface area contributed by atoms with E-state index >= 15 is 0 Å². The molecule has 0 heterocycles. The summed E-state index contributed by atoms with van der Waals surface area (Å²) >= 11 is 0. The van der Waals surface area contributed by atoms with Crippen molar-refractivity contribution in [3.63, 3.8) is 0 Å². The van der Waals surface area contributed by atoms with Crippen LogP contribution < -0.4 is 5.32 Å². The summed E-state index contributed by atoms with van der Waals surface area (Å²) in [4.78, 5) is 22.2. The highest BCUT2D eigenvalue weighted by molar-refractivity contribution is 6.02. The second-order valence-electron chi connectivity index (χ2n) is 4.99. The minimum atomic E-state index is -0.489. The number of carbonyl (C=O) groups excluding carboxylic acids is 1. The topological polar surface area (TPSA) is 72.2 Å². The molecule has 0 spiro atoms. The minimum Gasteiger partial charge on any atom is -0.322 e. The van der Waals surface area contributed by atoms with Gasteiger partial charge in [-0.3, -0.25) is 14.9 Å². The highest BCUT2D eigenvalue weighted by atomic mass is 16.6. The highest BCUT2D eigenvalue weighted by Crippen LogP contribution is 2.21. The zero-order valence-electron chi connectivity index (χ0n) is 12.4. The number of nitrogens with zero attached hydrogens (tertiary/aromatic N) is 1. The van der Waals surface area contributed by atoms with Crippen molar-refractivity contribution in [1.82, 2.24) is 0 Å². The van der Waals surface area contributed by atoms with Crippen LogP contribution >= 0.6 is 0 Å². The van der Waals surface area contributed by atoms with Crippen LogP contribution in [0.5, 0.6) is 0 Å². The summed E-state index contributed by atoms with van der Waals surface area (Å²) in [5.74, 6) is -0.329. The quantitative estimate of drug-likeness (QED) is 0.529. The molecule has 22 heavy (non-hydrogen) atoms. The Kier molecular flexibility index (Phi) is 4.68. The number of benzene rings is 2. The molecule has 0 aliphatic heterocycles. The van der Waals surface area contributed by atoms with Gasteiger partial charge in [0.1, 0.15) is 0 Å². The van der Waals surface area contributed by atoms with E-state index in [1.165, 1.54) is 18.2 Å². The smallest absolute Gasteiger partial charge is 0.271 e. The van der Waals surface area contributed by atoms with Crippen LogP contribution in [0.1, 0.15) is 16.7 Å². The lowest BCUT2D eigenvalue weighted by atomic mass is 10.1. The molecule has 1 amide bonds. The number of rotatable bonds is 4. The molecule has 5 heteroatoms. The van der Waals surface area contributed by atoms with Crippen LogP contribution in [0.2, 0.25) is 0 Å². The predicted octanol–water partition coefficient (Wildman–Crippen LogP) is 3.86. The van der Waals surface area contributed by atoms with Crippen LogP contribution in [-0.4, -0.2) is 10.8 Å². The Balaban J connectivity index is 2.10. The van der Waals surface area contributed by atoms with Gasteiger partial charge in [0, 0.05) is 18.2 Å². The summed E-state index contributed by atoms with van der Waals surface area (Å²) < 4.78 is 0. The van der Waals surface area contributed by atoms with E-state index in [1.807, 2.05) is 31.2 Å². The van der Waals surface area contributed by atoms with Gasteiger partial charge < -0.3 is 5.32 Å². The summed E-state index contributed by atoms with van der Waals surface area (Å²) in [6.07, 6.45) is 3.10. The molecular formula is C17H16N2O3. The first kappa shape index (κ1) is 15.4. The summed E-state index contributed by atoms with van der Waals surface area (Å²) in [5.41, 5.74) is 3.21. The van der Waals surface area contributed by atoms with Gasteiger partial charge in [-0.2, -0.15) is 0 Å². The van der Waals surface area contributed by atoms with Crippen molar-refractivity contribution in [2.75, 3.05) is 5.32 Å². The first-order valence-corrected chi connectivity index (χ1v) is 6.76. The third kappa shape index (κ3) is 4.02. The lowest BCUT2D eigenvalue weighted by molar-refractivity contribution is -0.384. The molecule has 0 fully saturated rings. The molecule has 0 aliphatic rings. The van der Waals surface area contributed by atoms with Crippen molar-refractivity contribution < 1.29 is 9.72 Å². The van der Waals surface area contributed by atoms with E-state index in [4.69, 9.17) is 0 Å². The van der Waals surface area contributed by atoms with E-state index < -0.39 is 4.92 Å².